The number of para-hydroxylation sites is 2. The smallest absolute Gasteiger partial charge is 0.511 e. The molecule has 1 aliphatic rings. The third-order valence-corrected chi connectivity index (χ3v) is 7.21. The quantitative estimate of drug-likeness (QED) is 0.133. The van der Waals surface area contributed by atoms with Gasteiger partial charge in [0.15, 0.2) is 0 Å². The van der Waals surface area contributed by atoms with Crippen molar-refractivity contribution >= 4 is 35.1 Å². The number of benzene rings is 4. The first kappa shape index (κ1) is 26.9. The summed E-state index contributed by atoms with van der Waals surface area (Å²) in [7, 11) is 1.62. The Balaban J connectivity index is 0.00000302. The average Bonchev–Trinajstić information content (AvgIpc) is 3.51. The van der Waals surface area contributed by atoms with Crippen molar-refractivity contribution in [2.24, 2.45) is 7.05 Å². The number of imidazole rings is 1. The molecule has 41 heavy (non-hydrogen) atoms. The second-order valence-electron chi connectivity index (χ2n) is 9.85. The Morgan fingerprint density at radius 3 is 2.39 bits per heavy atom. The van der Waals surface area contributed by atoms with Gasteiger partial charge in [-0.15, -0.1) is 30.3 Å². The van der Waals surface area contributed by atoms with E-state index in [-0.39, 0.29) is 28.1 Å². The van der Waals surface area contributed by atoms with E-state index in [1.165, 1.54) is 0 Å². The van der Waals surface area contributed by atoms with Gasteiger partial charge in [-0.2, -0.15) is 12.1 Å². The topological polar surface area (TPSA) is 43.4 Å². The molecule has 0 saturated carbocycles. The van der Waals surface area contributed by atoms with Gasteiger partial charge in [-0.1, -0.05) is 65.3 Å². The zero-order valence-electron chi connectivity index (χ0n) is 22.7. The minimum Gasteiger partial charge on any atom is -0.599 e. The van der Waals surface area contributed by atoms with Crippen molar-refractivity contribution in [2.75, 3.05) is 4.81 Å². The second kappa shape index (κ2) is 10.9. The molecular weight excluding hydrogens is 690 g/mol. The summed E-state index contributed by atoms with van der Waals surface area (Å²) in [4.78, 5) is 6.73. The van der Waals surface area contributed by atoms with Crippen LogP contribution >= 0.6 is 0 Å². The van der Waals surface area contributed by atoms with E-state index >= 15 is 0 Å². The zero-order chi connectivity index (χ0) is 27.2. The SMILES string of the molecule is Cc1cccc(C)c1B1Oc2ccc(Oc3[c-]c(-n4[c-][n+](C)c5ccccc54)ccc3)[c-]c2N1c1ccccn1.[Pt]. The van der Waals surface area contributed by atoms with Crippen molar-refractivity contribution in [3.8, 4) is 22.9 Å². The van der Waals surface area contributed by atoms with Crippen molar-refractivity contribution < 1.29 is 35.0 Å². The minimum atomic E-state index is -0.370. The first-order chi connectivity index (χ1) is 19.6. The molecule has 6 aromatic rings. The van der Waals surface area contributed by atoms with E-state index in [2.05, 4.69) is 72.4 Å². The molecule has 204 valence electrons. The number of pyridine rings is 1. The summed E-state index contributed by atoms with van der Waals surface area (Å²) in [5, 5.41) is 0. The van der Waals surface area contributed by atoms with Gasteiger partial charge >= 0.3 is 7.05 Å². The van der Waals surface area contributed by atoms with E-state index in [0.717, 1.165) is 50.6 Å². The van der Waals surface area contributed by atoms with Crippen molar-refractivity contribution in [1.29, 1.82) is 0 Å². The molecule has 4 aromatic carbocycles. The molecule has 0 fully saturated rings. The van der Waals surface area contributed by atoms with Gasteiger partial charge in [0.1, 0.15) is 5.82 Å². The fourth-order valence-electron chi connectivity index (χ4n) is 5.33. The van der Waals surface area contributed by atoms with Crippen LogP contribution in [-0.2, 0) is 28.1 Å². The molecule has 6 nitrogen and oxygen atoms in total. The number of anilines is 2. The van der Waals surface area contributed by atoms with Crippen LogP contribution in [0.5, 0.6) is 17.2 Å². The summed E-state index contributed by atoms with van der Waals surface area (Å²) in [6, 6.07) is 36.8. The molecule has 0 aliphatic carbocycles. The Kier molecular flexibility index (Phi) is 7.14. The molecule has 7 rings (SSSR count). The summed E-state index contributed by atoms with van der Waals surface area (Å²) in [6.07, 6.45) is 5.15. The normalized spacial score (nSPS) is 12.2. The number of aryl methyl sites for hydroxylation is 3. The van der Waals surface area contributed by atoms with Crippen LogP contribution in [0.2, 0.25) is 0 Å². The van der Waals surface area contributed by atoms with Gasteiger partial charge in [-0.05, 0) is 37.1 Å². The van der Waals surface area contributed by atoms with Crippen LogP contribution in [0.1, 0.15) is 11.1 Å². The van der Waals surface area contributed by atoms with Crippen molar-refractivity contribution in [2.45, 2.75) is 13.8 Å². The fourth-order valence-corrected chi connectivity index (χ4v) is 5.33. The number of hydrogen-bond donors (Lipinski definition) is 0. The standard InChI is InChI=1S/C33H25BN4O2.Pt/c1-23-10-8-11-24(2)33(23)34-38(32-16-6-7-19-35-32)30-21-27(17-18-31(30)40-34)39-26-13-9-12-25(20-26)37-22-36(3)28-14-4-5-15-29(28)37;/h4-19H,1-3H3;/q-2;. The molecule has 0 unspecified atom stereocenters. The van der Waals surface area contributed by atoms with Gasteiger partial charge in [0.2, 0.25) is 6.33 Å². The van der Waals surface area contributed by atoms with Gasteiger partial charge < -0.3 is 23.3 Å². The predicted octanol–water partition coefficient (Wildman–Crippen LogP) is 5.58. The summed E-state index contributed by atoms with van der Waals surface area (Å²) in [5.74, 6) is 2.64. The minimum absolute atomic E-state index is 0. The summed E-state index contributed by atoms with van der Waals surface area (Å²) >= 11 is 0. The maximum absolute atomic E-state index is 6.53. The number of fused-ring (bicyclic) bond motifs is 2. The van der Waals surface area contributed by atoms with Crippen molar-refractivity contribution in [1.82, 2.24) is 9.55 Å². The summed E-state index contributed by atoms with van der Waals surface area (Å²) in [6.45, 7) is 4.22. The van der Waals surface area contributed by atoms with Crippen LogP contribution in [-0.4, -0.2) is 16.6 Å². The van der Waals surface area contributed by atoms with Crippen molar-refractivity contribution in [3.05, 3.63) is 127 Å². The zero-order valence-corrected chi connectivity index (χ0v) is 25.0. The van der Waals surface area contributed by atoms with Gasteiger partial charge in [0.05, 0.1) is 18.1 Å². The number of aromatic nitrogens is 3. The maximum atomic E-state index is 6.53. The monoisotopic (exact) mass is 715 g/mol. The molecular formula is C33H25BN4O2Pt-2. The first-order valence-electron chi connectivity index (χ1n) is 13.2. The fraction of sp³-hybridized carbons (Fsp3) is 0.0909. The third kappa shape index (κ3) is 4.81. The molecule has 1 aliphatic heterocycles. The van der Waals surface area contributed by atoms with E-state index in [0.29, 0.717) is 11.5 Å². The molecule has 0 saturated heterocycles. The number of rotatable bonds is 5. The van der Waals surface area contributed by atoms with Gasteiger partial charge in [0, 0.05) is 44.5 Å². The van der Waals surface area contributed by atoms with E-state index in [9.17, 15) is 0 Å². The van der Waals surface area contributed by atoms with E-state index < -0.39 is 0 Å². The van der Waals surface area contributed by atoms with E-state index in [1.807, 2.05) is 76.8 Å². The van der Waals surface area contributed by atoms with Crippen LogP contribution in [0, 0.1) is 32.3 Å². The maximum Gasteiger partial charge on any atom is 0.511 e. The Morgan fingerprint density at radius 1 is 0.829 bits per heavy atom. The summed E-state index contributed by atoms with van der Waals surface area (Å²) < 4.78 is 16.8. The van der Waals surface area contributed by atoms with Crippen LogP contribution in [0.15, 0.2) is 97.2 Å². The molecule has 8 heteroatoms. The molecule has 0 N–H and O–H groups in total. The molecule has 3 heterocycles. The molecule has 0 amide bonds. The number of hydrogen-bond acceptors (Lipinski definition) is 4. The van der Waals surface area contributed by atoms with Crippen LogP contribution in [0.25, 0.3) is 16.7 Å². The van der Waals surface area contributed by atoms with Gasteiger partial charge in [0.25, 0.3) is 0 Å². The molecule has 0 spiro atoms. The largest absolute Gasteiger partial charge is 0.599 e. The van der Waals surface area contributed by atoms with Gasteiger partial charge in [-0.3, -0.25) is 0 Å². The van der Waals surface area contributed by atoms with Crippen molar-refractivity contribution in [3.63, 3.8) is 0 Å². The first-order valence-corrected chi connectivity index (χ1v) is 13.2. The van der Waals surface area contributed by atoms with Crippen LogP contribution < -0.4 is 24.2 Å². The molecule has 0 radical (unpaired) electrons. The predicted molar refractivity (Wildman–Crippen MR) is 156 cm³/mol. The summed E-state index contributed by atoms with van der Waals surface area (Å²) in [5.41, 5.74) is 7.17. The number of ether oxygens (including phenoxy) is 1. The second-order valence-corrected chi connectivity index (χ2v) is 9.85. The van der Waals surface area contributed by atoms with Crippen LogP contribution in [0.4, 0.5) is 11.5 Å². The average molecular weight is 715 g/mol. The Morgan fingerprint density at radius 2 is 1.59 bits per heavy atom. The Hall–Kier alpha value is -4.35. The number of nitrogens with zero attached hydrogens (tertiary/aromatic N) is 4. The van der Waals surface area contributed by atoms with E-state index in [4.69, 9.17) is 9.39 Å². The van der Waals surface area contributed by atoms with Crippen LogP contribution in [0.3, 0.4) is 0 Å². The molecule has 0 bridgehead atoms. The Bertz CT molecular complexity index is 1850. The van der Waals surface area contributed by atoms with E-state index in [1.54, 1.807) is 6.20 Å². The van der Waals surface area contributed by atoms with Gasteiger partial charge in [-0.25, -0.2) is 4.98 Å². The third-order valence-electron chi connectivity index (χ3n) is 7.21. The Labute approximate surface area is 254 Å². The molecule has 0 atom stereocenters. The molecule has 2 aromatic heterocycles.